The number of halogens is 1. The number of nitrogens with two attached hydrogens (primary N) is 1. The first-order valence-corrected chi connectivity index (χ1v) is 3.11. The van der Waals surface area contributed by atoms with E-state index in [9.17, 15) is 0 Å². The maximum absolute atomic E-state index is 5.46. The van der Waals surface area contributed by atoms with Crippen molar-refractivity contribution in [2.45, 2.75) is 0 Å². The molecule has 4 nitrogen and oxygen atoms in total. The maximum Gasteiger partial charge on any atom is 0.256 e. The minimum atomic E-state index is 0. The number of aromatic nitrogens is 1. The highest BCUT2D eigenvalue weighted by Crippen LogP contribution is 2.24. The normalized spacial score (nSPS) is 8.50. The quantitative estimate of drug-likeness (QED) is 0.759. The van der Waals surface area contributed by atoms with Gasteiger partial charge in [-0.15, -0.1) is 12.4 Å². The van der Waals surface area contributed by atoms with E-state index in [2.05, 4.69) is 4.98 Å². The highest BCUT2D eigenvalue weighted by atomic mass is 35.5. The van der Waals surface area contributed by atoms with Crippen molar-refractivity contribution in [2.24, 2.45) is 0 Å². The molecule has 12 heavy (non-hydrogen) atoms. The Morgan fingerprint density at radius 2 is 2.00 bits per heavy atom. The van der Waals surface area contributed by atoms with Gasteiger partial charge in [-0.25, -0.2) is 4.98 Å². The molecule has 0 aliphatic carbocycles. The Labute approximate surface area is 77.1 Å². The average molecular weight is 191 g/mol. The zero-order valence-corrected chi connectivity index (χ0v) is 7.72. The lowest BCUT2D eigenvalue weighted by Gasteiger charge is -2.05. The van der Waals surface area contributed by atoms with Gasteiger partial charge >= 0.3 is 0 Å². The molecule has 1 aromatic rings. The van der Waals surface area contributed by atoms with Crippen molar-refractivity contribution in [2.75, 3.05) is 20.0 Å². The second-order valence-corrected chi connectivity index (χ2v) is 1.98. The van der Waals surface area contributed by atoms with Crippen LogP contribution in [0.5, 0.6) is 11.6 Å². The zero-order valence-electron chi connectivity index (χ0n) is 6.90. The smallest absolute Gasteiger partial charge is 0.256 e. The fourth-order valence-electron chi connectivity index (χ4n) is 0.747. The number of nitrogens with zero attached hydrogens (tertiary/aromatic N) is 1. The molecule has 68 valence electrons. The molecule has 1 heterocycles. The summed E-state index contributed by atoms with van der Waals surface area (Å²) in [5.74, 6) is 0.995. The topological polar surface area (TPSA) is 57.4 Å². The molecule has 0 saturated heterocycles. The van der Waals surface area contributed by atoms with E-state index in [1.54, 1.807) is 13.2 Å². The highest BCUT2D eigenvalue weighted by Gasteiger charge is 2.03. The third kappa shape index (κ3) is 2.17. The molecule has 0 fully saturated rings. The average Bonchev–Trinajstić information content (AvgIpc) is 2.04. The SMILES string of the molecule is COc1cc(N)cnc1OC.Cl. The fraction of sp³-hybridized carbons (Fsp3) is 0.286. The van der Waals surface area contributed by atoms with Gasteiger partial charge < -0.3 is 15.2 Å². The maximum atomic E-state index is 5.46. The predicted molar refractivity (Wildman–Crippen MR) is 49.0 cm³/mol. The lowest BCUT2D eigenvalue weighted by atomic mass is 10.4. The molecular formula is C7H11ClN2O2. The molecule has 0 radical (unpaired) electrons. The molecule has 2 N–H and O–H groups in total. The van der Waals surface area contributed by atoms with E-state index in [1.165, 1.54) is 13.3 Å². The van der Waals surface area contributed by atoms with Crippen LogP contribution in [0.25, 0.3) is 0 Å². The van der Waals surface area contributed by atoms with Gasteiger partial charge in [-0.1, -0.05) is 0 Å². The second-order valence-electron chi connectivity index (χ2n) is 1.98. The Morgan fingerprint density at radius 1 is 1.33 bits per heavy atom. The monoisotopic (exact) mass is 190 g/mol. The summed E-state index contributed by atoms with van der Waals surface area (Å²) in [6.45, 7) is 0. The van der Waals surface area contributed by atoms with Crippen molar-refractivity contribution in [1.82, 2.24) is 4.98 Å². The summed E-state index contributed by atoms with van der Waals surface area (Å²) in [6.07, 6.45) is 1.52. The number of nitrogen functional groups attached to an aromatic ring is 1. The van der Waals surface area contributed by atoms with Crippen LogP contribution in [0, 0.1) is 0 Å². The van der Waals surface area contributed by atoms with E-state index in [4.69, 9.17) is 15.2 Å². The summed E-state index contributed by atoms with van der Waals surface area (Å²) >= 11 is 0. The highest BCUT2D eigenvalue weighted by molar-refractivity contribution is 5.85. The summed E-state index contributed by atoms with van der Waals surface area (Å²) in [4.78, 5) is 3.90. The number of hydrogen-bond donors (Lipinski definition) is 1. The minimum Gasteiger partial charge on any atom is -0.491 e. The van der Waals surface area contributed by atoms with Gasteiger partial charge in [0.1, 0.15) is 0 Å². The zero-order chi connectivity index (χ0) is 8.27. The lowest BCUT2D eigenvalue weighted by Crippen LogP contribution is -1.95. The first-order valence-electron chi connectivity index (χ1n) is 3.11. The predicted octanol–water partition coefficient (Wildman–Crippen LogP) is 1.10. The fourth-order valence-corrected chi connectivity index (χ4v) is 0.747. The van der Waals surface area contributed by atoms with Gasteiger partial charge in [-0.2, -0.15) is 0 Å². The molecule has 5 heteroatoms. The third-order valence-electron chi connectivity index (χ3n) is 1.25. The van der Waals surface area contributed by atoms with Gasteiger partial charge in [0, 0.05) is 6.07 Å². The number of rotatable bonds is 2. The molecule has 0 aromatic carbocycles. The summed E-state index contributed by atoms with van der Waals surface area (Å²) in [5, 5.41) is 0. The molecular weight excluding hydrogens is 180 g/mol. The molecule has 0 atom stereocenters. The van der Waals surface area contributed by atoms with Crippen LogP contribution in [0.1, 0.15) is 0 Å². The molecule has 1 aromatic heterocycles. The molecule has 0 bridgehead atoms. The van der Waals surface area contributed by atoms with Gasteiger partial charge in [0.15, 0.2) is 5.75 Å². The van der Waals surface area contributed by atoms with Crippen molar-refractivity contribution in [3.63, 3.8) is 0 Å². The molecule has 0 saturated carbocycles. The van der Waals surface area contributed by atoms with Gasteiger partial charge in [0.25, 0.3) is 5.88 Å². The van der Waals surface area contributed by atoms with Crippen LogP contribution in [0.15, 0.2) is 12.3 Å². The number of pyridine rings is 1. The van der Waals surface area contributed by atoms with E-state index in [0.717, 1.165) is 0 Å². The largest absolute Gasteiger partial charge is 0.491 e. The lowest BCUT2D eigenvalue weighted by molar-refractivity contribution is 0.343. The van der Waals surface area contributed by atoms with Crippen LogP contribution in [-0.4, -0.2) is 19.2 Å². The molecule has 0 unspecified atom stereocenters. The minimum absolute atomic E-state index is 0. The molecule has 0 aliphatic rings. The van der Waals surface area contributed by atoms with Crippen LogP contribution in [0.4, 0.5) is 5.69 Å². The number of anilines is 1. The van der Waals surface area contributed by atoms with E-state index >= 15 is 0 Å². The molecule has 0 aliphatic heterocycles. The van der Waals surface area contributed by atoms with Crippen molar-refractivity contribution >= 4 is 18.1 Å². The second kappa shape index (κ2) is 4.66. The Balaban J connectivity index is 0.00000121. The third-order valence-corrected chi connectivity index (χ3v) is 1.25. The first-order chi connectivity index (χ1) is 5.27. The summed E-state index contributed by atoms with van der Waals surface area (Å²) < 4.78 is 9.85. The molecule has 0 spiro atoms. The van der Waals surface area contributed by atoms with Gasteiger partial charge in [0.05, 0.1) is 26.1 Å². The Kier molecular flexibility index (Phi) is 4.21. The van der Waals surface area contributed by atoms with Gasteiger partial charge in [-0.3, -0.25) is 0 Å². The number of hydrogen-bond acceptors (Lipinski definition) is 4. The summed E-state index contributed by atoms with van der Waals surface area (Å²) in [7, 11) is 3.07. The van der Waals surface area contributed by atoms with Gasteiger partial charge in [-0.05, 0) is 0 Å². The van der Waals surface area contributed by atoms with Crippen LogP contribution >= 0.6 is 12.4 Å². The van der Waals surface area contributed by atoms with Crippen molar-refractivity contribution in [3.05, 3.63) is 12.3 Å². The van der Waals surface area contributed by atoms with Crippen molar-refractivity contribution in [3.8, 4) is 11.6 Å². The van der Waals surface area contributed by atoms with Crippen LogP contribution in [-0.2, 0) is 0 Å². The molecule has 1 rings (SSSR count). The van der Waals surface area contributed by atoms with Crippen molar-refractivity contribution in [1.29, 1.82) is 0 Å². The van der Waals surface area contributed by atoms with Crippen LogP contribution in [0.3, 0.4) is 0 Å². The van der Waals surface area contributed by atoms with E-state index in [-0.39, 0.29) is 12.4 Å². The van der Waals surface area contributed by atoms with Crippen LogP contribution < -0.4 is 15.2 Å². The van der Waals surface area contributed by atoms with Crippen molar-refractivity contribution < 1.29 is 9.47 Å². The number of methoxy groups -OCH3 is 2. The van der Waals surface area contributed by atoms with Crippen LogP contribution in [0.2, 0.25) is 0 Å². The Hall–Kier alpha value is -1.16. The molecule has 0 amide bonds. The van der Waals surface area contributed by atoms with Gasteiger partial charge in [0.2, 0.25) is 0 Å². The van der Waals surface area contributed by atoms with E-state index in [0.29, 0.717) is 17.3 Å². The first kappa shape index (κ1) is 10.8. The summed E-state index contributed by atoms with van der Waals surface area (Å²) in [5.41, 5.74) is 6.02. The Morgan fingerprint density at radius 3 is 2.50 bits per heavy atom. The standard InChI is InChI=1S/C7H10N2O2.ClH/c1-10-6-3-5(8)4-9-7(6)11-2;/h3-4H,8H2,1-2H3;1H. The Bertz CT molecular complexity index is 255. The summed E-state index contributed by atoms with van der Waals surface area (Å²) in [6, 6.07) is 1.66. The number of ether oxygens (including phenoxy) is 2. The van der Waals surface area contributed by atoms with E-state index < -0.39 is 0 Å². The van der Waals surface area contributed by atoms with E-state index in [1.807, 2.05) is 0 Å².